The maximum Gasteiger partial charge on any atom is 0.317 e. The third-order valence-corrected chi connectivity index (χ3v) is 7.62. The first kappa shape index (κ1) is 30.1. The van der Waals surface area contributed by atoms with Crippen molar-refractivity contribution >= 4 is 6.03 Å². The molecule has 6 nitrogen and oxygen atoms in total. The van der Waals surface area contributed by atoms with E-state index in [1.807, 2.05) is 36.2 Å². The van der Waals surface area contributed by atoms with E-state index in [0.717, 1.165) is 55.3 Å². The molecule has 2 aromatic rings. The Balaban J connectivity index is 1.89. The van der Waals surface area contributed by atoms with Gasteiger partial charge in [-0.15, -0.1) is 0 Å². The number of methoxy groups -OCH3 is 1. The highest BCUT2D eigenvalue weighted by Crippen LogP contribution is 2.43. The van der Waals surface area contributed by atoms with Crippen LogP contribution in [0.25, 0.3) is 11.1 Å². The Kier molecular flexibility index (Phi) is 11.6. The molecule has 2 aromatic carbocycles. The van der Waals surface area contributed by atoms with Crippen LogP contribution in [0.3, 0.4) is 0 Å². The second kappa shape index (κ2) is 14.6. The van der Waals surface area contributed by atoms with E-state index in [1.54, 1.807) is 19.2 Å². The van der Waals surface area contributed by atoms with Crippen LogP contribution in [-0.4, -0.2) is 62.5 Å². The number of halogens is 1. The normalized spacial score (nSPS) is 18.3. The monoisotopic (exact) mass is 527 g/mol. The second-order valence-electron chi connectivity index (χ2n) is 11.0. The molecule has 7 heteroatoms. The number of nitrogens with one attached hydrogen (secondary N) is 2. The van der Waals surface area contributed by atoms with Crippen molar-refractivity contribution < 1.29 is 19.0 Å². The molecule has 3 rings (SSSR count). The number of carbonyl (C=O) groups is 1. The van der Waals surface area contributed by atoms with Crippen molar-refractivity contribution in [3.8, 4) is 11.1 Å². The minimum atomic E-state index is -1.14. The van der Waals surface area contributed by atoms with Crippen LogP contribution < -0.4 is 10.6 Å². The van der Waals surface area contributed by atoms with Gasteiger partial charge in [0.1, 0.15) is 5.82 Å². The summed E-state index contributed by atoms with van der Waals surface area (Å²) in [6.07, 6.45) is 4.76. The number of urea groups is 1. The topological polar surface area (TPSA) is 73.8 Å². The van der Waals surface area contributed by atoms with E-state index >= 15 is 0 Å². The van der Waals surface area contributed by atoms with Gasteiger partial charge in [-0.3, -0.25) is 0 Å². The van der Waals surface area contributed by atoms with Crippen LogP contribution in [0, 0.1) is 17.7 Å². The predicted octanol–water partition coefficient (Wildman–Crippen LogP) is 5.55. The van der Waals surface area contributed by atoms with Gasteiger partial charge >= 0.3 is 6.03 Å². The summed E-state index contributed by atoms with van der Waals surface area (Å²) in [4.78, 5) is 15.2. The highest BCUT2D eigenvalue weighted by atomic mass is 19.1. The maximum absolute atomic E-state index is 13.7. The Labute approximate surface area is 228 Å². The van der Waals surface area contributed by atoms with Crippen LogP contribution in [0.2, 0.25) is 0 Å². The molecule has 1 saturated heterocycles. The van der Waals surface area contributed by atoms with Gasteiger partial charge in [0.25, 0.3) is 0 Å². The average Bonchev–Trinajstić information content (AvgIpc) is 2.91. The van der Waals surface area contributed by atoms with E-state index in [9.17, 15) is 14.3 Å². The second-order valence-corrected chi connectivity index (χ2v) is 11.0. The van der Waals surface area contributed by atoms with Gasteiger partial charge in [0.2, 0.25) is 0 Å². The zero-order valence-electron chi connectivity index (χ0n) is 23.5. The number of aliphatic hydroxyl groups is 1. The molecule has 0 aliphatic carbocycles. The molecule has 3 atom stereocenters. The standard InChI is InChI=1S/C31H46FN3O3/c1-23(2)20-27(21-33-3)34-30(36)35-18-9-10-25(22-35)31(37,17-7-8-19-38-4)29-12-6-5-11-28(29)24-13-15-26(32)16-14-24/h5-6,11-16,23,25,27,33,37H,7-10,17-22H2,1-4H3,(H,34,36). The minimum absolute atomic E-state index is 0.0556. The summed E-state index contributed by atoms with van der Waals surface area (Å²) < 4.78 is 18.9. The van der Waals surface area contributed by atoms with Gasteiger partial charge in [0, 0.05) is 45.3 Å². The fourth-order valence-corrected chi connectivity index (χ4v) is 5.77. The maximum atomic E-state index is 13.7. The van der Waals surface area contributed by atoms with Gasteiger partial charge in [0.05, 0.1) is 5.60 Å². The number of likely N-dealkylation sites (N-methyl/N-ethyl adjacent to an activating group) is 1. The molecule has 2 amide bonds. The van der Waals surface area contributed by atoms with Gasteiger partial charge in [-0.1, -0.05) is 50.2 Å². The first-order chi connectivity index (χ1) is 18.3. The number of nitrogens with zero attached hydrogens (tertiary/aromatic N) is 1. The van der Waals surface area contributed by atoms with Crippen molar-refractivity contribution in [2.75, 3.05) is 40.4 Å². The fourth-order valence-electron chi connectivity index (χ4n) is 5.77. The summed E-state index contributed by atoms with van der Waals surface area (Å²) >= 11 is 0. The largest absolute Gasteiger partial charge is 0.385 e. The number of ether oxygens (including phenoxy) is 1. The highest BCUT2D eigenvalue weighted by molar-refractivity contribution is 5.75. The molecular weight excluding hydrogens is 481 g/mol. The average molecular weight is 528 g/mol. The van der Waals surface area contributed by atoms with Crippen LogP contribution >= 0.6 is 0 Å². The highest BCUT2D eigenvalue weighted by Gasteiger charge is 2.42. The molecule has 1 fully saturated rings. The number of unbranched alkanes of at least 4 members (excludes halogenated alkanes) is 1. The van der Waals surface area contributed by atoms with Crippen LogP contribution in [0.4, 0.5) is 9.18 Å². The minimum Gasteiger partial charge on any atom is -0.385 e. The quantitative estimate of drug-likeness (QED) is 0.299. The lowest BCUT2D eigenvalue weighted by Crippen LogP contribution is -2.54. The number of benzene rings is 2. The summed E-state index contributed by atoms with van der Waals surface area (Å²) in [6.45, 7) is 6.84. The van der Waals surface area contributed by atoms with E-state index in [-0.39, 0.29) is 23.8 Å². The van der Waals surface area contributed by atoms with E-state index in [2.05, 4.69) is 24.5 Å². The van der Waals surface area contributed by atoms with Crippen molar-refractivity contribution in [3.63, 3.8) is 0 Å². The number of likely N-dealkylation sites (tertiary alicyclic amines) is 1. The summed E-state index contributed by atoms with van der Waals surface area (Å²) in [5.41, 5.74) is 1.46. The van der Waals surface area contributed by atoms with E-state index in [0.29, 0.717) is 32.0 Å². The SMILES string of the molecule is CNCC(CC(C)C)NC(=O)N1CCCC(C(O)(CCCCOC)c2ccccc2-c2ccc(F)cc2)C1. The summed E-state index contributed by atoms with van der Waals surface area (Å²) in [5, 5.41) is 18.9. The molecule has 1 aliphatic rings. The third-order valence-electron chi connectivity index (χ3n) is 7.62. The number of carbonyl (C=O) groups excluding carboxylic acids is 1. The summed E-state index contributed by atoms with van der Waals surface area (Å²) in [5.74, 6) is 0.0611. The lowest BCUT2D eigenvalue weighted by molar-refractivity contribution is -0.0559. The van der Waals surface area contributed by atoms with Gasteiger partial charge < -0.3 is 25.4 Å². The lowest BCUT2D eigenvalue weighted by atomic mass is 9.72. The zero-order valence-corrected chi connectivity index (χ0v) is 23.5. The fraction of sp³-hybridized carbons (Fsp3) is 0.581. The van der Waals surface area contributed by atoms with Crippen molar-refractivity contribution in [1.82, 2.24) is 15.5 Å². The first-order valence-corrected chi connectivity index (χ1v) is 14.0. The van der Waals surface area contributed by atoms with Crippen molar-refractivity contribution in [2.45, 2.75) is 64.0 Å². The van der Waals surface area contributed by atoms with Gasteiger partial charge in [0.15, 0.2) is 0 Å². The van der Waals surface area contributed by atoms with Crippen molar-refractivity contribution in [3.05, 3.63) is 59.9 Å². The Morgan fingerprint density at radius 1 is 1.18 bits per heavy atom. The van der Waals surface area contributed by atoms with Crippen LogP contribution in [0.15, 0.2) is 48.5 Å². The molecule has 1 heterocycles. The number of rotatable bonds is 13. The van der Waals surface area contributed by atoms with Crippen molar-refractivity contribution in [1.29, 1.82) is 0 Å². The molecule has 0 radical (unpaired) electrons. The number of amides is 2. The number of hydrogen-bond donors (Lipinski definition) is 3. The van der Waals surface area contributed by atoms with Gasteiger partial charge in [-0.25, -0.2) is 9.18 Å². The number of piperidine rings is 1. The molecule has 0 aromatic heterocycles. The summed E-state index contributed by atoms with van der Waals surface area (Å²) in [7, 11) is 3.59. The Bertz CT molecular complexity index is 1000. The van der Waals surface area contributed by atoms with Crippen LogP contribution in [0.5, 0.6) is 0 Å². The number of hydrogen-bond acceptors (Lipinski definition) is 4. The smallest absolute Gasteiger partial charge is 0.317 e. The molecule has 3 N–H and O–H groups in total. The molecule has 0 spiro atoms. The van der Waals surface area contributed by atoms with Gasteiger partial charge in [-0.05, 0) is 80.3 Å². The van der Waals surface area contributed by atoms with Gasteiger partial charge in [-0.2, -0.15) is 0 Å². The van der Waals surface area contributed by atoms with Crippen LogP contribution in [0.1, 0.15) is 57.9 Å². The molecule has 1 aliphatic heterocycles. The summed E-state index contributed by atoms with van der Waals surface area (Å²) in [6, 6.07) is 14.3. The Hall–Kier alpha value is -2.48. The molecule has 0 bridgehead atoms. The molecule has 38 heavy (non-hydrogen) atoms. The predicted molar refractivity (Wildman–Crippen MR) is 151 cm³/mol. The first-order valence-electron chi connectivity index (χ1n) is 14.0. The molecule has 210 valence electrons. The zero-order chi connectivity index (χ0) is 27.5. The molecule has 0 saturated carbocycles. The van der Waals surface area contributed by atoms with E-state index < -0.39 is 5.60 Å². The molecular formula is C31H46FN3O3. The molecule has 3 unspecified atom stereocenters. The van der Waals surface area contributed by atoms with E-state index in [4.69, 9.17) is 4.74 Å². The Morgan fingerprint density at radius 2 is 1.92 bits per heavy atom. The third kappa shape index (κ3) is 8.01. The van der Waals surface area contributed by atoms with Crippen molar-refractivity contribution in [2.24, 2.45) is 11.8 Å². The lowest BCUT2D eigenvalue weighted by Gasteiger charge is -2.44. The van der Waals surface area contributed by atoms with Crippen LogP contribution in [-0.2, 0) is 10.3 Å². The Morgan fingerprint density at radius 3 is 2.61 bits per heavy atom. The van der Waals surface area contributed by atoms with E-state index in [1.165, 1.54) is 12.1 Å².